The average Bonchev–Trinajstić information content (AvgIpc) is 2.62. The molecule has 0 saturated heterocycles. The van der Waals surface area contributed by atoms with E-state index in [0.29, 0.717) is 6.61 Å². The van der Waals surface area contributed by atoms with Crippen LogP contribution in [0.3, 0.4) is 0 Å². The molecule has 3 rings (SSSR count). The fourth-order valence-electron chi connectivity index (χ4n) is 2.88. The molecule has 0 saturated carbocycles. The second-order valence-corrected chi connectivity index (χ2v) is 8.22. The molecule has 2 aromatic carbocycles. The Morgan fingerprint density at radius 2 is 1.80 bits per heavy atom. The lowest BCUT2D eigenvalue weighted by Crippen LogP contribution is -2.40. The summed E-state index contributed by atoms with van der Waals surface area (Å²) in [5.41, 5.74) is 1.18. The zero-order chi connectivity index (χ0) is 17.9. The Bertz CT molecular complexity index is 930. The van der Waals surface area contributed by atoms with Crippen molar-refractivity contribution in [2.45, 2.75) is 20.0 Å². The van der Waals surface area contributed by atoms with E-state index in [4.69, 9.17) is 4.74 Å². The SMILES string of the molecule is CC[N+](C)(C)CCCOCc1ccc2sc3ccccc3c(=O)c2c1. The van der Waals surface area contributed by atoms with Gasteiger partial charge >= 0.3 is 0 Å². The van der Waals surface area contributed by atoms with Crippen LogP contribution in [0.4, 0.5) is 0 Å². The van der Waals surface area contributed by atoms with Crippen molar-refractivity contribution in [3.8, 4) is 0 Å². The normalized spacial score (nSPS) is 12.1. The topological polar surface area (TPSA) is 26.3 Å². The molecular formula is C21H26NO2S+. The maximum absolute atomic E-state index is 12.7. The Hall–Kier alpha value is -1.75. The van der Waals surface area contributed by atoms with E-state index in [1.807, 2.05) is 36.4 Å². The molecule has 0 radical (unpaired) electrons. The molecule has 0 N–H and O–H groups in total. The lowest BCUT2D eigenvalue weighted by Gasteiger charge is -2.27. The minimum atomic E-state index is 0.119. The van der Waals surface area contributed by atoms with Gasteiger partial charge in [-0.15, -0.1) is 11.3 Å². The summed E-state index contributed by atoms with van der Waals surface area (Å²) >= 11 is 1.67. The number of ether oxygens (including phenoxy) is 1. The summed E-state index contributed by atoms with van der Waals surface area (Å²) in [6.07, 6.45) is 1.05. The number of hydrogen-bond acceptors (Lipinski definition) is 3. The number of benzene rings is 2. The number of fused-ring (bicyclic) bond motifs is 2. The summed E-state index contributed by atoms with van der Waals surface area (Å²) in [4.78, 5) is 12.7. The Morgan fingerprint density at radius 3 is 2.60 bits per heavy atom. The molecule has 0 aliphatic carbocycles. The zero-order valence-corrected chi connectivity index (χ0v) is 16.1. The predicted molar refractivity (Wildman–Crippen MR) is 107 cm³/mol. The number of nitrogens with zero attached hydrogens (tertiary/aromatic N) is 1. The maximum Gasteiger partial charge on any atom is 0.195 e. The van der Waals surface area contributed by atoms with Gasteiger partial charge in [0.15, 0.2) is 5.43 Å². The molecule has 3 nitrogen and oxygen atoms in total. The fourth-order valence-corrected chi connectivity index (χ4v) is 3.93. The molecule has 3 aromatic rings. The Morgan fingerprint density at radius 1 is 1.04 bits per heavy atom. The molecule has 4 heteroatoms. The van der Waals surface area contributed by atoms with Crippen LogP contribution >= 0.6 is 11.3 Å². The van der Waals surface area contributed by atoms with Crippen LogP contribution < -0.4 is 5.43 Å². The summed E-state index contributed by atoms with van der Waals surface area (Å²) in [5, 5.41) is 1.60. The molecule has 0 spiro atoms. The highest BCUT2D eigenvalue weighted by molar-refractivity contribution is 7.24. The summed E-state index contributed by atoms with van der Waals surface area (Å²) in [6, 6.07) is 13.9. The first kappa shape index (κ1) is 18.1. The quantitative estimate of drug-likeness (QED) is 0.356. The largest absolute Gasteiger partial charge is 0.377 e. The summed E-state index contributed by atoms with van der Waals surface area (Å²) in [6.45, 7) is 5.77. The van der Waals surface area contributed by atoms with Gasteiger partial charge < -0.3 is 9.22 Å². The van der Waals surface area contributed by atoms with Gasteiger partial charge in [0.05, 0.1) is 40.4 Å². The molecule has 132 valence electrons. The molecule has 1 heterocycles. The standard InChI is InChI=1S/C21H26NO2S/c1-4-22(2,3)12-7-13-24-15-16-10-11-20-18(14-16)21(23)17-8-5-6-9-19(17)25-20/h5-6,8-11,14H,4,7,12-13,15H2,1-3H3/q+1. The van der Waals surface area contributed by atoms with E-state index < -0.39 is 0 Å². The average molecular weight is 357 g/mol. The number of hydrogen-bond donors (Lipinski definition) is 0. The Labute approximate surface area is 153 Å². The van der Waals surface area contributed by atoms with Crippen LogP contribution in [0.2, 0.25) is 0 Å². The highest BCUT2D eigenvalue weighted by Gasteiger charge is 2.10. The van der Waals surface area contributed by atoms with Crippen molar-refractivity contribution in [1.82, 2.24) is 0 Å². The van der Waals surface area contributed by atoms with Crippen LogP contribution in [-0.4, -0.2) is 38.3 Å². The van der Waals surface area contributed by atoms with Crippen molar-refractivity contribution in [3.05, 3.63) is 58.3 Å². The van der Waals surface area contributed by atoms with E-state index in [-0.39, 0.29) is 5.43 Å². The molecule has 25 heavy (non-hydrogen) atoms. The molecule has 0 atom stereocenters. The third-order valence-electron chi connectivity index (χ3n) is 4.82. The van der Waals surface area contributed by atoms with Crippen LogP contribution in [0.1, 0.15) is 18.9 Å². The van der Waals surface area contributed by atoms with E-state index >= 15 is 0 Å². The second-order valence-electron chi connectivity index (χ2n) is 7.14. The van der Waals surface area contributed by atoms with E-state index in [9.17, 15) is 4.79 Å². The first-order valence-electron chi connectivity index (χ1n) is 8.84. The van der Waals surface area contributed by atoms with Gasteiger partial charge in [0.1, 0.15) is 0 Å². The lowest BCUT2D eigenvalue weighted by molar-refractivity contribution is -0.888. The van der Waals surface area contributed by atoms with Crippen molar-refractivity contribution >= 4 is 31.5 Å². The van der Waals surface area contributed by atoms with E-state index in [2.05, 4.69) is 27.1 Å². The van der Waals surface area contributed by atoms with Gasteiger partial charge in [0.2, 0.25) is 0 Å². The van der Waals surface area contributed by atoms with Gasteiger partial charge in [0, 0.05) is 26.6 Å². The minimum absolute atomic E-state index is 0.119. The molecular weight excluding hydrogens is 330 g/mol. The van der Waals surface area contributed by atoms with Crippen LogP contribution in [-0.2, 0) is 11.3 Å². The molecule has 0 aliphatic heterocycles. The van der Waals surface area contributed by atoms with Crippen molar-refractivity contribution in [2.24, 2.45) is 0 Å². The smallest absolute Gasteiger partial charge is 0.195 e. The molecule has 0 fully saturated rings. The Balaban J connectivity index is 1.70. The summed E-state index contributed by atoms with van der Waals surface area (Å²) in [5.74, 6) is 0. The van der Waals surface area contributed by atoms with Crippen LogP contribution in [0, 0.1) is 0 Å². The highest BCUT2D eigenvalue weighted by atomic mass is 32.1. The van der Waals surface area contributed by atoms with Gasteiger partial charge in [-0.2, -0.15) is 0 Å². The lowest BCUT2D eigenvalue weighted by atomic mass is 10.1. The summed E-state index contributed by atoms with van der Waals surface area (Å²) < 4.78 is 8.93. The highest BCUT2D eigenvalue weighted by Crippen LogP contribution is 2.25. The zero-order valence-electron chi connectivity index (χ0n) is 15.2. The molecule has 0 aliphatic rings. The van der Waals surface area contributed by atoms with Crippen LogP contribution in [0.15, 0.2) is 47.3 Å². The van der Waals surface area contributed by atoms with Crippen LogP contribution in [0.25, 0.3) is 20.2 Å². The van der Waals surface area contributed by atoms with Crippen molar-refractivity contribution in [2.75, 3.05) is 33.8 Å². The van der Waals surface area contributed by atoms with Gasteiger partial charge in [0.25, 0.3) is 0 Å². The molecule has 0 unspecified atom stereocenters. The first-order chi connectivity index (χ1) is 12.0. The molecule has 1 aromatic heterocycles. The van der Waals surface area contributed by atoms with Gasteiger partial charge in [-0.3, -0.25) is 4.79 Å². The van der Waals surface area contributed by atoms with Crippen molar-refractivity contribution < 1.29 is 9.22 Å². The van der Waals surface area contributed by atoms with Gasteiger partial charge in [-0.1, -0.05) is 18.2 Å². The summed E-state index contributed by atoms with van der Waals surface area (Å²) in [7, 11) is 4.48. The van der Waals surface area contributed by atoms with E-state index in [0.717, 1.165) is 56.3 Å². The molecule has 0 amide bonds. The van der Waals surface area contributed by atoms with Gasteiger partial charge in [-0.25, -0.2) is 0 Å². The predicted octanol–water partition coefficient (Wildman–Crippen LogP) is 4.42. The van der Waals surface area contributed by atoms with E-state index in [1.165, 1.54) is 0 Å². The van der Waals surface area contributed by atoms with Gasteiger partial charge in [-0.05, 0) is 36.8 Å². The minimum Gasteiger partial charge on any atom is -0.377 e. The first-order valence-corrected chi connectivity index (χ1v) is 9.66. The fraction of sp³-hybridized carbons (Fsp3) is 0.381. The van der Waals surface area contributed by atoms with Crippen molar-refractivity contribution in [3.63, 3.8) is 0 Å². The molecule has 0 bridgehead atoms. The maximum atomic E-state index is 12.7. The monoisotopic (exact) mass is 356 g/mol. The Kier molecular flexibility index (Phi) is 5.52. The number of rotatable bonds is 7. The third-order valence-corrected chi connectivity index (χ3v) is 5.97. The van der Waals surface area contributed by atoms with Crippen molar-refractivity contribution in [1.29, 1.82) is 0 Å². The van der Waals surface area contributed by atoms with Crippen LogP contribution in [0.5, 0.6) is 0 Å². The van der Waals surface area contributed by atoms with E-state index in [1.54, 1.807) is 11.3 Å². The second kappa shape index (κ2) is 7.65. The number of quaternary nitrogens is 1. The third kappa shape index (κ3) is 4.27.